The van der Waals surface area contributed by atoms with Crippen LogP contribution in [0.1, 0.15) is 438 Å². The molecule has 0 aromatic heterocycles. The van der Waals surface area contributed by atoms with Crippen molar-refractivity contribution in [3.8, 4) is 0 Å². The van der Waals surface area contributed by atoms with Gasteiger partial charge in [0.15, 0.2) is 6.10 Å². The minimum Gasteiger partial charge on any atom is -0.462 e. The Hall–Kier alpha value is -1.85. The molecule has 0 aromatic rings. The fourth-order valence-corrected chi connectivity index (χ4v) is 11.9. The van der Waals surface area contributed by atoms with Crippen molar-refractivity contribution in [1.29, 1.82) is 0 Å². The third-order valence-corrected chi connectivity index (χ3v) is 17.5. The highest BCUT2D eigenvalue weighted by molar-refractivity contribution is 5.71. The quantitative estimate of drug-likeness (QED) is 0.0261. The van der Waals surface area contributed by atoms with E-state index < -0.39 is 6.10 Å². The second-order valence-corrected chi connectivity index (χ2v) is 25.9. The van der Waals surface area contributed by atoms with Gasteiger partial charge in [-0.25, -0.2) is 0 Å². The van der Waals surface area contributed by atoms with E-state index in [0.717, 1.165) is 64.2 Å². The average molecular weight is 1160 g/mol. The summed E-state index contributed by atoms with van der Waals surface area (Å²) in [4.78, 5) is 38.4. The SMILES string of the molecule is CCCCC/C=C\CCCCCCCC(=O)OCC(COC(=O)CCCCCCCCCCCCCCCCCCCCCCCCCCCCCCCCCCC)OC(=O)CCCCCCCCCCCCCCCCCCCCC. The molecule has 1 unspecified atom stereocenters. The largest absolute Gasteiger partial charge is 0.462 e. The summed E-state index contributed by atoms with van der Waals surface area (Å²) >= 11 is 0. The topological polar surface area (TPSA) is 78.9 Å². The van der Waals surface area contributed by atoms with Crippen LogP contribution in [0.2, 0.25) is 0 Å². The molecule has 6 nitrogen and oxygen atoms in total. The zero-order valence-electron chi connectivity index (χ0n) is 56.1. The maximum atomic E-state index is 12.9. The maximum Gasteiger partial charge on any atom is 0.306 e. The number of rotatable bonds is 71. The second-order valence-electron chi connectivity index (χ2n) is 25.9. The van der Waals surface area contributed by atoms with Crippen LogP contribution in [-0.2, 0) is 28.6 Å². The lowest BCUT2D eigenvalue weighted by Gasteiger charge is -2.18. The van der Waals surface area contributed by atoms with Crippen molar-refractivity contribution < 1.29 is 28.6 Å². The van der Waals surface area contributed by atoms with Crippen molar-refractivity contribution in [2.24, 2.45) is 0 Å². The summed E-state index contributed by atoms with van der Waals surface area (Å²) in [5.41, 5.74) is 0. The average Bonchev–Trinajstić information content (AvgIpc) is 3.47. The van der Waals surface area contributed by atoms with Crippen LogP contribution in [0.5, 0.6) is 0 Å². The van der Waals surface area contributed by atoms with Gasteiger partial charge in [0.25, 0.3) is 0 Å². The predicted octanol–water partition coefficient (Wildman–Crippen LogP) is 26.0. The first kappa shape index (κ1) is 80.2. The van der Waals surface area contributed by atoms with Gasteiger partial charge in [0.1, 0.15) is 13.2 Å². The van der Waals surface area contributed by atoms with Crippen molar-refractivity contribution in [3.63, 3.8) is 0 Å². The van der Waals surface area contributed by atoms with Crippen LogP contribution in [0, 0.1) is 0 Å². The summed E-state index contributed by atoms with van der Waals surface area (Å²) in [7, 11) is 0. The Morgan fingerprint density at radius 2 is 0.402 bits per heavy atom. The van der Waals surface area contributed by atoms with Crippen molar-refractivity contribution >= 4 is 17.9 Å². The van der Waals surface area contributed by atoms with Crippen LogP contribution in [0.3, 0.4) is 0 Å². The molecule has 0 aliphatic carbocycles. The van der Waals surface area contributed by atoms with E-state index in [2.05, 4.69) is 32.9 Å². The predicted molar refractivity (Wildman–Crippen MR) is 358 cm³/mol. The number of unbranched alkanes of at least 4 members (excludes halogenated alkanes) is 58. The van der Waals surface area contributed by atoms with Crippen molar-refractivity contribution in [2.45, 2.75) is 444 Å². The molecule has 0 saturated carbocycles. The van der Waals surface area contributed by atoms with Crippen molar-refractivity contribution in [3.05, 3.63) is 12.2 Å². The van der Waals surface area contributed by atoms with Gasteiger partial charge >= 0.3 is 17.9 Å². The van der Waals surface area contributed by atoms with E-state index in [-0.39, 0.29) is 31.1 Å². The van der Waals surface area contributed by atoms with E-state index in [1.165, 1.54) is 334 Å². The normalized spacial score (nSPS) is 12.0. The maximum absolute atomic E-state index is 12.9. The number of allylic oxidation sites excluding steroid dienone is 2. The summed E-state index contributed by atoms with van der Waals surface area (Å²) in [6, 6.07) is 0. The zero-order chi connectivity index (χ0) is 59.2. The number of ether oxygens (including phenoxy) is 3. The number of carbonyl (C=O) groups is 3. The van der Waals surface area contributed by atoms with Crippen LogP contribution in [0.4, 0.5) is 0 Å². The fourth-order valence-electron chi connectivity index (χ4n) is 11.9. The standard InChI is InChI=1S/C76H146O6/c1-4-7-10-13-16-19-22-25-27-29-31-32-33-34-35-36-37-38-39-40-41-42-43-44-46-47-49-51-54-57-60-63-66-69-75(78)81-72-73(71-80-74(77)68-65-62-59-56-53-24-21-18-15-12-9-6-3)82-76(79)70-67-64-61-58-55-52-50-48-45-30-28-26-23-20-17-14-11-8-5-2/h18,21,73H,4-17,19-20,22-72H2,1-3H3/b21-18-. The third-order valence-electron chi connectivity index (χ3n) is 17.5. The van der Waals surface area contributed by atoms with Gasteiger partial charge in [0, 0.05) is 19.3 Å². The van der Waals surface area contributed by atoms with Gasteiger partial charge in [0.2, 0.25) is 0 Å². The molecule has 0 spiro atoms. The highest BCUT2D eigenvalue weighted by atomic mass is 16.6. The lowest BCUT2D eigenvalue weighted by atomic mass is 10.0. The zero-order valence-corrected chi connectivity index (χ0v) is 56.1. The van der Waals surface area contributed by atoms with Crippen LogP contribution in [-0.4, -0.2) is 37.2 Å². The van der Waals surface area contributed by atoms with Crippen molar-refractivity contribution in [2.75, 3.05) is 13.2 Å². The van der Waals surface area contributed by atoms with Crippen LogP contribution >= 0.6 is 0 Å². The molecule has 1 atom stereocenters. The van der Waals surface area contributed by atoms with Crippen LogP contribution < -0.4 is 0 Å². The second kappa shape index (κ2) is 71.6. The highest BCUT2D eigenvalue weighted by Gasteiger charge is 2.20. The fraction of sp³-hybridized carbons (Fsp3) is 0.934. The first-order valence-corrected chi connectivity index (χ1v) is 37.7. The molecule has 0 saturated heterocycles. The van der Waals surface area contributed by atoms with Gasteiger partial charge < -0.3 is 14.2 Å². The molecule has 82 heavy (non-hydrogen) atoms. The molecular weight excluding hydrogens is 1010 g/mol. The Morgan fingerprint density at radius 3 is 0.634 bits per heavy atom. The summed E-state index contributed by atoms with van der Waals surface area (Å²) in [5, 5.41) is 0. The molecule has 0 radical (unpaired) electrons. The summed E-state index contributed by atoms with van der Waals surface area (Å²) < 4.78 is 17.0. The third kappa shape index (κ3) is 68.9. The molecular formula is C76H146O6. The molecule has 486 valence electrons. The van der Waals surface area contributed by atoms with Gasteiger partial charge in [-0.1, -0.05) is 386 Å². The first-order valence-electron chi connectivity index (χ1n) is 37.7. The van der Waals surface area contributed by atoms with Gasteiger partial charge in [-0.15, -0.1) is 0 Å². The Labute approximate surface area is 513 Å². The summed E-state index contributed by atoms with van der Waals surface area (Å²) in [6.45, 7) is 6.70. The van der Waals surface area contributed by atoms with Gasteiger partial charge in [-0.3, -0.25) is 14.4 Å². The first-order chi connectivity index (χ1) is 40.5. The number of carbonyl (C=O) groups excluding carboxylic acids is 3. The Kier molecular flexibility index (Phi) is 70.0. The molecule has 0 heterocycles. The van der Waals surface area contributed by atoms with E-state index in [0.29, 0.717) is 19.3 Å². The van der Waals surface area contributed by atoms with E-state index in [1.807, 2.05) is 0 Å². The molecule has 0 bridgehead atoms. The van der Waals surface area contributed by atoms with Gasteiger partial charge in [0.05, 0.1) is 0 Å². The lowest BCUT2D eigenvalue weighted by molar-refractivity contribution is -0.167. The van der Waals surface area contributed by atoms with Crippen LogP contribution in [0.25, 0.3) is 0 Å². The van der Waals surface area contributed by atoms with E-state index in [9.17, 15) is 14.4 Å². The van der Waals surface area contributed by atoms with Crippen molar-refractivity contribution in [1.82, 2.24) is 0 Å². The molecule has 6 heteroatoms. The molecule has 0 aliphatic rings. The molecule has 0 N–H and O–H groups in total. The highest BCUT2D eigenvalue weighted by Crippen LogP contribution is 2.20. The summed E-state index contributed by atoms with van der Waals surface area (Å²) in [5.74, 6) is -0.840. The Morgan fingerprint density at radius 1 is 0.232 bits per heavy atom. The molecule has 0 aliphatic heterocycles. The molecule has 0 amide bonds. The molecule has 0 rings (SSSR count). The number of hydrogen-bond acceptors (Lipinski definition) is 6. The van der Waals surface area contributed by atoms with E-state index in [1.54, 1.807) is 0 Å². The Bertz CT molecular complexity index is 1280. The monoisotopic (exact) mass is 1160 g/mol. The minimum absolute atomic E-state index is 0.0657. The smallest absolute Gasteiger partial charge is 0.306 e. The number of hydrogen-bond donors (Lipinski definition) is 0. The van der Waals surface area contributed by atoms with E-state index >= 15 is 0 Å². The number of esters is 3. The molecule has 0 fully saturated rings. The minimum atomic E-state index is -0.770. The summed E-state index contributed by atoms with van der Waals surface area (Å²) in [6.07, 6.45) is 87.1. The van der Waals surface area contributed by atoms with Gasteiger partial charge in [-0.2, -0.15) is 0 Å². The Balaban J connectivity index is 4.06. The lowest BCUT2D eigenvalue weighted by Crippen LogP contribution is -2.30. The van der Waals surface area contributed by atoms with Gasteiger partial charge in [-0.05, 0) is 44.9 Å². The molecule has 0 aromatic carbocycles. The van der Waals surface area contributed by atoms with E-state index in [4.69, 9.17) is 14.2 Å². The van der Waals surface area contributed by atoms with Crippen LogP contribution in [0.15, 0.2) is 12.2 Å².